The van der Waals surface area contributed by atoms with Crippen LogP contribution in [0.15, 0.2) is 63.6 Å². The van der Waals surface area contributed by atoms with Crippen molar-refractivity contribution in [3.05, 3.63) is 64.6 Å². The van der Waals surface area contributed by atoms with E-state index >= 15 is 0 Å². The Kier molecular flexibility index (Phi) is 3.67. The van der Waals surface area contributed by atoms with Crippen molar-refractivity contribution >= 4 is 15.9 Å². The Morgan fingerprint density at radius 1 is 0.950 bits per heavy atom. The van der Waals surface area contributed by atoms with E-state index in [1.807, 2.05) is 54.6 Å². The van der Waals surface area contributed by atoms with Crippen LogP contribution in [0.3, 0.4) is 0 Å². The Morgan fingerprint density at radius 2 is 1.65 bits per heavy atom. The van der Waals surface area contributed by atoms with Crippen LogP contribution in [0.4, 0.5) is 0 Å². The predicted octanol–water partition coefficient (Wildman–Crippen LogP) is 4.26. The molecule has 0 aliphatic carbocycles. The van der Waals surface area contributed by atoms with E-state index in [2.05, 4.69) is 21.1 Å². The largest absolute Gasteiger partial charge is 0.391 e. The molecule has 1 N–H and O–H groups in total. The highest BCUT2D eigenvalue weighted by atomic mass is 79.9. The van der Waals surface area contributed by atoms with Gasteiger partial charge in [0, 0.05) is 15.6 Å². The number of benzene rings is 2. The van der Waals surface area contributed by atoms with Gasteiger partial charge in [-0.25, -0.2) is 0 Å². The lowest BCUT2D eigenvalue weighted by molar-refractivity contribution is 0.281. The summed E-state index contributed by atoms with van der Waals surface area (Å²) in [7, 11) is 0. The van der Waals surface area contributed by atoms with Gasteiger partial charge in [-0.1, -0.05) is 63.6 Å². The summed E-state index contributed by atoms with van der Waals surface area (Å²) in [4.78, 5) is 0. The Hall–Kier alpha value is -1.91. The SMILES string of the molecule is OCc1c(-c2ccc(Br)cc2)noc1-c1ccccc1. The van der Waals surface area contributed by atoms with Crippen molar-refractivity contribution in [1.82, 2.24) is 5.16 Å². The van der Waals surface area contributed by atoms with Gasteiger partial charge in [-0.2, -0.15) is 0 Å². The minimum atomic E-state index is -0.112. The first-order chi connectivity index (χ1) is 9.79. The third-order valence-corrected chi connectivity index (χ3v) is 3.63. The summed E-state index contributed by atoms with van der Waals surface area (Å²) in [6.45, 7) is -0.112. The number of aliphatic hydroxyl groups excluding tert-OH is 1. The molecule has 0 bridgehead atoms. The maximum Gasteiger partial charge on any atom is 0.173 e. The fourth-order valence-electron chi connectivity index (χ4n) is 2.11. The first-order valence-corrected chi connectivity index (χ1v) is 6.99. The molecule has 0 radical (unpaired) electrons. The fraction of sp³-hybridized carbons (Fsp3) is 0.0625. The van der Waals surface area contributed by atoms with Crippen LogP contribution in [0.2, 0.25) is 0 Å². The van der Waals surface area contributed by atoms with Crippen LogP contribution in [-0.2, 0) is 6.61 Å². The highest BCUT2D eigenvalue weighted by Gasteiger charge is 2.17. The lowest BCUT2D eigenvalue weighted by Crippen LogP contribution is -1.88. The Balaban J connectivity index is 2.10. The molecule has 100 valence electrons. The number of hydrogen-bond acceptors (Lipinski definition) is 3. The third kappa shape index (κ3) is 2.40. The van der Waals surface area contributed by atoms with Crippen molar-refractivity contribution < 1.29 is 9.63 Å². The zero-order chi connectivity index (χ0) is 13.9. The van der Waals surface area contributed by atoms with Crippen molar-refractivity contribution in [2.45, 2.75) is 6.61 Å². The summed E-state index contributed by atoms with van der Waals surface area (Å²) in [6, 6.07) is 17.4. The lowest BCUT2D eigenvalue weighted by atomic mass is 10.0. The number of aromatic nitrogens is 1. The second-order valence-electron chi connectivity index (χ2n) is 4.37. The molecule has 3 nitrogen and oxygen atoms in total. The highest BCUT2D eigenvalue weighted by molar-refractivity contribution is 9.10. The van der Waals surface area contributed by atoms with Crippen molar-refractivity contribution in [2.75, 3.05) is 0 Å². The Morgan fingerprint density at radius 3 is 2.30 bits per heavy atom. The van der Waals surface area contributed by atoms with Crippen LogP contribution in [0.5, 0.6) is 0 Å². The second-order valence-corrected chi connectivity index (χ2v) is 5.29. The molecular weight excluding hydrogens is 318 g/mol. The topological polar surface area (TPSA) is 46.3 Å². The smallest absolute Gasteiger partial charge is 0.173 e. The van der Waals surface area contributed by atoms with Crippen LogP contribution in [-0.4, -0.2) is 10.3 Å². The van der Waals surface area contributed by atoms with Gasteiger partial charge in [0.15, 0.2) is 5.76 Å². The van der Waals surface area contributed by atoms with E-state index in [9.17, 15) is 5.11 Å². The number of nitrogens with zero attached hydrogens (tertiary/aromatic N) is 1. The molecule has 2 aromatic carbocycles. The van der Waals surface area contributed by atoms with Crippen LogP contribution in [0.25, 0.3) is 22.6 Å². The fourth-order valence-corrected chi connectivity index (χ4v) is 2.37. The monoisotopic (exact) mass is 329 g/mol. The molecule has 3 aromatic rings. The van der Waals surface area contributed by atoms with Crippen molar-refractivity contribution in [1.29, 1.82) is 0 Å². The zero-order valence-electron chi connectivity index (χ0n) is 10.6. The summed E-state index contributed by atoms with van der Waals surface area (Å²) in [5.74, 6) is 0.617. The van der Waals surface area contributed by atoms with Crippen molar-refractivity contribution in [2.24, 2.45) is 0 Å². The number of halogens is 1. The molecule has 0 aliphatic rings. The molecule has 0 unspecified atom stereocenters. The molecule has 0 spiro atoms. The maximum atomic E-state index is 9.66. The quantitative estimate of drug-likeness (QED) is 0.780. The first kappa shape index (κ1) is 13.1. The Labute approximate surface area is 125 Å². The second kappa shape index (κ2) is 5.61. The van der Waals surface area contributed by atoms with E-state index in [-0.39, 0.29) is 6.61 Å². The summed E-state index contributed by atoms with van der Waals surface area (Å²) < 4.78 is 6.43. The molecule has 0 saturated heterocycles. The third-order valence-electron chi connectivity index (χ3n) is 3.10. The van der Waals surface area contributed by atoms with Crippen LogP contribution in [0, 0.1) is 0 Å². The first-order valence-electron chi connectivity index (χ1n) is 6.20. The molecule has 20 heavy (non-hydrogen) atoms. The van der Waals surface area contributed by atoms with Gasteiger partial charge in [-0.05, 0) is 12.1 Å². The van der Waals surface area contributed by atoms with E-state index in [1.165, 1.54) is 0 Å². The highest BCUT2D eigenvalue weighted by Crippen LogP contribution is 2.32. The van der Waals surface area contributed by atoms with E-state index in [4.69, 9.17) is 4.52 Å². The van der Waals surface area contributed by atoms with E-state index in [0.717, 1.165) is 15.6 Å². The zero-order valence-corrected chi connectivity index (χ0v) is 12.2. The van der Waals surface area contributed by atoms with Gasteiger partial charge in [-0.3, -0.25) is 0 Å². The predicted molar refractivity (Wildman–Crippen MR) is 81.0 cm³/mol. The van der Waals surface area contributed by atoms with Gasteiger partial charge < -0.3 is 9.63 Å². The van der Waals surface area contributed by atoms with Crippen molar-refractivity contribution in [3.8, 4) is 22.6 Å². The summed E-state index contributed by atoms with van der Waals surface area (Å²) in [6.07, 6.45) is 0. The maximum absolute atomic E-state index is 9.66. The van der Waals surface area contributed by atoms with Gasteiger partial charge in [-0.15, -0.1) is 0 Å². The average Bonchev–Trinajstić information content (AvgIpc) is 2.93. The average molecular weight is 330 g/mol. The van der Waals surface area contributed by atoms with Crippen LogP contribution >= 0.6 is 15.9 Å². The van der Waals surface area contributed by atoms with Crippen molar-refractivity contribution in [3.63, 3.8) is 0 Å². The molecule has 1 heterocycles. The molecule has 0 amide bonds. The summed E-state index contributed by atoms with van der Waals surface area (Å²) in [5.41, 5.74) is 3.22. The van der Waals surface area contributed by atoms with E-state index in [0.29, 0.717) is 17.0 Å². The molecule has 0 atom stereocenters. The van der Waals surface area contributed by atoms with E-state index in [1.54, 1.807) is 0 Å². The molecule has 0 fully saturated rings. The molecule has 4 heteroatoms. The number of hydrogen-bond donors (Lipinski definition) is 1. The number of aliphatic hydroxyl groups is 1. The molecular formula is C16H12BrNO2. The molecule has 1 aromatic heterocycles. The van der Waals surface area contributed by atoms with Gasteiger partial charge in [0.2, 0.25) is 0 Å². The normalized spacial score (nSPS) is 10.7. The van der Waals surface area contributed by atoms with Gasteiger partial charge >= 0.3 is 0 Å². The van der Waals surface area contributed by atoms with Gasteiger partial charge in [0.1, 0.15) is 5.69 Å². The summed E-state index contributed by atoms with van der Waals surface area (Å²) >= 11 is 3.40. The molecule has 0 saturated carbocycles. The van der Waals surface area contributed by atoms with Crippen LogP contribution in [0.1, 0.15) is 5.56 Å². The lowest BCUT2D eigenvalue weighted by Gasteiger charge is -2.01. The Bertz CT molecular complexity index is 705. The summed E-state index contributed by atoms with van der Waals surface area (Å²) in [5, 5.41) is 13.8. The standard InChI is InChI=1S/C16H12BrNO2/c17-13-8-6-11(7-9-13)15-14(10-19)16(20-18-15)12-4-2-1-3-5-12/h1-9,19H,10H2. The van der Waals surface area contributed by atoms with Crippen LogP contribution < -0.4 is 0 Å². The molecule has 3 rings (SSSR count). The van der Waals surface area contributed by atoms with E-state index < -0.39 is 0 Å². The molecule has 0 aliphatic heterocycles. The minimum absolute atomic E-state index is 0.112. The number of rotatable bonds is 3. The van der Waals surface area contributed by atoms with Gasteiger partial charge in [0.25, 0.3) is 0 Å². The van der Waals surface area contributed by atoms with Gasteiger partial charge in [0.05, 0.1) is 12.2 Å². The minimum Gasteiger partial charge on any atom is -0.391 e.